The Morgan fingerprint density at radius 3 is 2.43 bits per heavy atom. The summed E-state index contributed by atoms with van der Waals surface area (Å²) in [4.78, 5) is 97.7. The molecule has 6 unspecified atom stereocenters. The van der Waals surface area contributed by atoms with Crippen LogP contribution < -0.4 is 15.4 Å². The van der Waals surface area contributed by atoms with Crippen molar-refractivity contribution >= 4 is 51.8 Å². The molecule has 0 bridgehead atoms. The van der Waals surface area contributed by atoms with Crippen LogP contribution in [0.3, 0.4) is 0 Å². The largest absolute Gasteiger partial charge is 0.452 e. The molecule has 20 heteroatoms. The van der Waals surface area contributed by atoms with Gasteiger partial charge in [-0.2, -0.15) is 0 Å². The molecule has 1 aromatic rings. The topological polar surface area (TPSA) is 227 Å². The molecule has 316 valence electrons. The number of hydrogen-bond acceptors (Lipinski definition) is 12. The molecule has 3 N–H and O–H groups in total. The second-order valence-electron chi connectivity index (χ2n) is 16.4. The van der Waals surface area contributed by atoms with E-state index in [-0.39, 0.29) is 45.3 Å². The number of alkyl carbamates (subject to hydrolysis) is 1. The Kier molecular flexibility index (Phi) is 11.8. The first-order valence-electron chi connectivity index (χ1n) is 19.2. The number of carbonyl (C=O) groups excluding carboxylic acids is 7. The van der Waals surface area contributed by atoms with E-state index in [0.717, 1.165) is 9.80 Å². The predicted octanol–water partition coefficient (Wildman–Crippen LogP) is 1.36. The van der Waals surface area contributed by atoms with Crippen molar-refractivity contribution in [2.75, 3.05) is 20.1 Å². The normalized spacial score (nSPS) is 25.7. The smallest absolute Gasteiger partial charge is 0.410 e. The molecule has 58 heavy (non-hydrogen) atoms. The Balaban J connectivity index is 1.27. The molecular weight excluding hydrogens is 784 g/mol. The van der Waals surface area contributed by atoms with E-state index in [1.807, 2.05) is 0 Å². The number of nitrogens with zero attached hydrogens (tertiary/aromatic N) is 3. The summed E-state index contributed by atoms with van der Waals surface area (Å²) in [6, 6.07) is 1.46. The van der Waals surface area contributed by atoms with E-state index in [2.05, 4.69) is 21.9 Å². The molecule has 6 rings (SSSR count). The van der Waals surface area contributed by atoms with Gasteiger partial charge in [0.2, 0.25) is 21.8 Å². The minimum atomic E-state index is -4.02. The zero-order valence-corrected chi connectivity index (χ0v) is 33.6. The quantitative estimate of drug-likeness (QED) is 0.154. The Labute approximate surface area is 335 Å². The molecule has 0 aromatic heterocycles. The first-order valence-corrected chi connectivity index (χ1v) is 20.7. The number of fused-ring (bicyclic) bond motifs is 1. The standard InChI is InChI=1S/C38H49FN6O12S/c1-6-22-14-15-38(22,34(50)42-58(53,54)24-10-11-24)41-31(47)28-16-23(55-36(52)44-17-21-8-7-9-26(39)25(21)19-44)18-45(28)32(48)27(40-35(51)57-37(2,3)4)20-43(5)33(49)29-12-13-30(46)56-29/h6-9,22-24,27-29H,1,10-20H2,2-5H3,(H,40,51)(H,41,47)(H,42,50). The van der Waals surface area contributed by atoms with Crippen molar-refractivity contribution in [3.63, 3.8) is 0 Å². The lowest BCUT2D eigenvalue weighted by Gasteiger charge is -2.47. The fraction of sp³-hybridized carbons (Fsp3) is 0.605. The zero-order valence-electron chi connectivity index (χ0n) is 32.8. The van der Waals surface area contributed by atoms with Gasteiger partial charge in [-0.05, 0) is 58.1 Å². The number of esters is 1. The number of rotatable bonds is 12. The average Bonchev–Trinajstić information content (AvgIpc) is 3.55. The Morgan fingerprint density at radius 2 is 1.84 bits per heavy atom. The number of carbonyl (C=O) groups is 7. The van der Waals surface area contributed by atoms with Gasteiger partial charge in [0.15, 0.2) is 6.10 Å². The Bertz CT molecular complexity index is 2000. The monoisotopic (exact) mass is 832 g/mol. The SMILES string of the molecule is C=CC1CCC1(NC(=O)C1CC(OC(=O)N2Cc3cccc(F)c3C2)CN1C(=O)C(CN(C)C(=O)C1CCC(=O)O1)NC(=O)OC(C)(C)C)C(=O)NS(=O)(=O)C1CC1. The highest BCUT2D eigenvalue weighted by Gasteiger charge is 2.56. The van der Waals surface area contributed by atoms with Crippen molar-refractivity contribution in [3.8, 4) is 0 Å². The van der Waals surface area contributed by atoms with Crippen LogP contribution in [-0.2, 0) is 61.3 Å². The lowest BCUT2D eigenvalue weighted by atomic mass is 9.66. The van der Waals surface area contributed by atoms with Crippen LogP contribution in [0.2, 0.25) is 0 Å². The number of ether oxygens (including phenoxy) is 3. The minimum absolute atomic E-state index is 0.0185. The lowest BCUT2D eigenvalue weighted by Crippen LogP contribution is -2.70. The number of cyclic esters (lactones) is 1. The van der Waals surface area contributed by atoms with Crippen molar-refractivity contribution in [2.24, 2.45) is 5.92 Å². The molecule has 3 aliphatic heterocycles. The molecular formula is C38H49FN6O12S. The van der Waals surface area contributed by atoms with Crippen molar-refractivity contribution in [1.29, 1.82) is 0 Å². The molecule has 6 amide bonds. The number of hydrogen-bond donors (Lipinski definition) is 3. The molecule has 1 aromatic carbocycles. The average molecular weight is 833 g/mol. The number of amides is 6. The molecule has 3 heterocycles. The third-order valence-electron chi connectivity index (χ3n) is 11.0. The van der Waals surface area contributed by atoms with E-state index in [4.69, 9.17) is 14.2 Å². The van der Waals surface area contributed by atoms with Gasteiger partial charge in [-0.1, -0.05) is 18.2 Å². The zero-order chi connectivity index (χ0) is 42.3. The van der Waals surface area contributed by atoms with Gasteiger partial charge >= 0.3 is 18.2 Å². The van der Waals surface area contributed by atoms with Gasteiger partial charge < -0.3 is 34.6 Å². The number of likely N-dealkylation sites (N-methyl/N-ethyl adjacent to an activating group) is 1. The highest BCUT2D eigenvalue weighted by molar-refractivity contribution is 7.91. The number of benzene rings is 1. The molecule has 18 nitrogen and oxygen atoms in total. The molecule has 2 aliphatic carbocycles. The minimum Gasteiger partial charge on any atom is -0.452 e. The molecule has 0 spiro atoms. The van der Waals surface area contributed by atoms with Gasteiger partial charge in [-0.15, -0.1) is 6.58 Å². The summed E-state index contributed by atoms with van der Waals surface area (Å²) in [7, 11) is -2.68. The summed E-state index contributed by atoms with van der Waals surface area (Å²) in [6.45, 7) is 7.67. The Morgan fingerprint density at radius 1 is 1.12 bits per heavy atom. The fourth-order valence-electron chi connectivity index (χ4n) is 7.64. The van der Waals surface area contributed by atoms with Crippen LogP contribution in [-0.4, -0.2) is 126 Å². The van der Waals surface area contributed by atoms with Gasteiger partial charge in [0.05, 0.1) is 18.3 Å². The summed E-state index contributed by atoms with van der Waals surface area (Å²) in [5, 5.41) is 4.44. The summed E-state index contributed by atoms with van der Waals surface area (Å²) >= 11 is 0. The van der Waals surface area contributed by atoms with Gasteiger partial charge in [0.25, 0.3) is 11.8 Å². The van der Waals surface area contributed by atoms with Crippen LogP contribution >= 0.6 is 0 Å². The molecule has 2 saturated carbocycles. The molecule has 2 saturated heterocycles. The van der Waals surface area contributed by atoms with Gasteiger partial charge in [0.1, 0.15) is 35.1 Å². The Hall–Kier alpha value is -5.27. The van der Waals surface area contributed by atoms with Crippen molar-refractivity contribution < 1.29 is 60.6 Å². The summed E-state index contributed by atoms with van der Waals surface area (Å²) in [5.41, 5.74) is -1.83. The van der Waals surface area contributed by atoms with E-state index in [1.54, 1.807) is 26.8 Å². The molecule has 0 radical (unpaired) electrons. The van der Waals surface area contributed by atoms with Crippen LogP contribution in [0.15, 0.2) is 30.9 Å². The summed E-state index contributed by atoms with van der Waals surface area (Å²) < 4.78 is 58.5. The van der Waals surface area contributed by atoms with E-state index in [1.165, 1.54) is 30.2 Å². The van der Waals surface area contributed by atoms with E-state index < -0.39 is 111 Å². The number of likely N-dealkylation sites (tertiary alicyclic amines) is 1. The van der Waals surface area contributed by atoms with Crippen LogP contribution in [0.5, 0.6) is 0 Å². The fourth-order valence-corrected chi connectivity index (χ4v) is 9.01. The predicted molar refractivity (Wildman–Crippen MR) is 200 cm³/mol. The maximum absolute atomic E-state index is 14.6. The molecule has 6 atom stereocenters. The highest BCUT2D eigenvalue weighted by atomic mass is 32.2. The first-order chi connectivity index (χ1) is 27.2. The first kappa shape index (κ1) is 42.3. The maximum atomic E-state index is 14.6. The second-order valence-corrected chi connectivity index (χ2v) is 18.4. The van der Waals surface area contributed by atoms with Crippen molar-refractivity contribution in [3.05, 3.63) is 47.8 Å². The third kappa shape index (κ3) is 9.05. The summed E-state index contributed by atoms with van der Waals surface area (Å²) in [5.74, 6) is -5.11. The third-order valence-corrected chi connectivity index (χ3v) is 12.8. The van der Waals surface area contributed by atoms with Gasteiger partial charge in [-0.3, -0.25) is 33.6 Å². The van der Waals surface area contributed by atoms with Gasteiger partial charge in [0, 0.05) is 50.9 Å². The lowest BCUT2D eigenvalue weighted by molar-refractivity contribution is -0.153. The number of halogens is 1. The van der Waals surface area contributed by atoms with E-state index >= 15 is 0 Å². The van der Waals surface area contributed by atoms with Crippen LogP contribution in [0.1, 0.15) is 76.8 Å². The number of nitrogens with one attached hydrogen (secondary N) is 3. The highest BCUT2D eigenvalue weighted by Crippen LogP contribution is 2.41. The number of sulfonamides is 1. The van der Waals surface area contributed by atoms with Gasteiger partial charge in [-0.25, -0.2) is 22.4 Å². The second kappa shape index (κ2) is 16.2. The molecule has 5 aliphatic rings. The maximum Gasteiger partial charge on any atom is 0.410 e. The van der Waals surface area contributed by atoms with E-state index in [0.29, 0.717) is 30.4 Å². The molecule has 4 fully saturated rings. The van der Waals surface area contributed by atoms with Crippen molar-refractivity contribution in [2.45, 2.75) is 119 Å². The van der Waals surface area contributed by atoms with E-state index in [9.17, 15) is 46.4 Å². The van der Waals surface area contributed by atoms with Crippen LogP contribution in [0.25, 0.3) is 0 Å². The summed E-state index contributed by atoms with van der Waals surface area (Å²) in [6.07, 6.45) is -1.63. The van der Waals surface area contributed by atoms with Crippen LogP contribution in [0.4, 0.5) is 14.0 Å². The van der Waals surface area contributed by atoms with Crippen molar-refractivity contribution in [1.82, 2.24) is 30.1 Å². The van der Waals surface area contributed by atoms with Crippen LogP contribution in [0, 0.1) is 11.7 Å².